The third-order valence-corrected chi connectivity index (χ3v) is 9.48. The lowest BCUT2D eigenvalue weighted by Crippen LogP contribution is -2.51. The largest absolute Gasteiger partial charge is 0.484 e. The monoisotopic (exact) mass is 627 g/mol. The number of morpholine rings is 1. The Hall–Kier alpha value is -4.51. The summed E-state index contributed by atoms with van der Waals surface area (Å²) in [5.74, 6) is -0.304. The molecule has 1 atom stereocenters. The van der Waals surface area contributed by atoms with Crippen molar-refractivity contribution in [3.05, 3.63) is 132 Å². The Morgan fingerprint density at radius 1 is 0.778 bits per heavy atom. The van der Waals surface area contributed by atoms with Crippen molar-refractivity contribution in [1.29, 1.82) is 0 Å². The molecule has 1 aliphatic heterocycles. The summed E-state index contributed by atoms with van der Waals surface area (Å²) >= 11 is 0. The Morgan fingerprint density at radius 2 is 1.33 bits per heavy atom. The summed E-state index contributed by atoms with van der Waals surface area (Å²) < 4.78 is 38.5. The average molecular weight is 628 g/mol. The third kappa shape index (κ3) is 8.78. The van der Waals surface area contributed by atoms with Crippen molar-refractivity contribution in [2.75, 3.05) is 32.9 Å². The number of amides is 2. The molecule has 1 aliphatic rings. The number of nitrogens with zero attached hydrogens (tertiary/aromatic N) is 2. The van der Waals surface area contributed by atoms with Crippen molar-refractivity contribution in [3.8, 4) is 5.75 Å². The van der Waals surface area contributed by atoms with Crippen LogP contribution in [0.2, 0.25) is 0 Å². The normalized spacial score (nSPS) is 14.3. The minimum atomic E-state index is -3.66. The van der Waals surface area contributed by atoms with Gasteiger partial charge in [-0.15, -0.1) is 0 Å². The number of carbonyl (C=O) groups excluding carboxylic acids is 2. The van der Waals surface area contributed by atoms with Crippen LogP contribution in [0.5, 0.6) is 5.75 Å². The quantitative estimate of drug-likeness (QED) is 0.240. The maximum atomic E-state index is 13.9. The Bertz CT molecular complexity index is 1630. The van der Waals surface area contributed by atoms with Crippen LogP contribution in [0.3, 0.4) is 0 Å². The second-order valence-corrected chi connectivity index (χ2v) is 12.6. The second kappa shape index (κ2) is 15.5. The first-order chi connectivity index (χ1) is 21.9. The van der Waals surface area contributed by atoms with Crippen LogP contribution in [-0.4, -0.2) is 68.4 Å². The molecule has 9 nitrogen and oxygen atoms in total. The minimum Gasteiger partial charge on any atom is -0.484 e. The van der Waals surface area contributed by atoms with Crippen molar-refractivity contribution in [2.45, 2.75) is 30.4 Å². The SMILES string of the molecule is O=C(NCc1ccccc1)[C@H](Cc1ccccc1)N(Cc1ccccc1)C(=O)COc1ccc(S(=O)(=O)N2CCOCC2)cc1. The number of hydrogen-bond donors (Lipinski definition) is 1. The van der Waals surface area contributed by atoms with Gasteiger partial charge in [-0.05, 0) is 41.0 Å². The van der Waals surface area contributed by atoms with Gasteiger partial charge >= 0.3 is 0 Å². The van der Waals surface area contributed by atoms with Crippen LogP contribution in [0, 0.1) is 0 Å². The van der Waals surface area contributed by atoms with E-state index in [0.29, 0.717) is 45.0 Å². The van der Waals surface area contributed by atoms with E-state index in [0.717, 1.165) is 16.7 Å². The molecule has 4 aromatic carbocycles. The highest BCUT2D eigenvalue weighted by Crippen LogP contribution is 2.21. The summed E-state index contributed by atoms with van der Waals surface area (Å²) in [6.45, 7) is 1.52. The molecular weight excluding hydrogens is 590 g/mol. The molecule has 234 valence electrons. The molecule has 45 heavy (non-hydrogen) atoms. The first kappa shape index (κ1) is 31.9. The van der Waals surface area contributed by atoms with E-state index >= 15 is 0 Å². The number of nitrogens with one attached hydrogen (secondary N) is 1. The Balaban J connectivity index is 1.34. The Morgan fingerprint density at radius 3 is 1.93 bits per heavy atom. The fraction of sp³-hybridized carbons (Fsp3) is 0.257. The number of hydrogen-bond acceptors (Lipinski definition) is 6. The molecule has 0 radical (unpaired) electrons. The van der Waals surface area contributed by atoms with E-state index in [-0.39, 0.29) is 29.9 Å². The maximum Gasteiger partial charge on any atom is 0.261 e. The van der Waals surface area contributed by atoms with E-state index in [1.54, 1.807) is 4.90 Å². The molecule has 4 aromatic rings. The molecule has 0 unspecified atom stereocenters. The molecule has 1 fully saturated rings. The van der Waals surface area contributed by atoms with Crippen molar-refractivity contribution in [2.24, 2.45) is 0 Å². The predicted molar refractivity (Wildman–Crippen MR) is 171 cm³/mol. The van der Waals surface area contributed by atoms with Crippen LogP contribution in [0.1, 0.15) is 16.7 Å². The number of benzene rings is 4. The van der Waals surface area contributed by atoms with Gasteiger partial charge in [-0.3, -0.25) is 9.59 Å². The predicted octanol–water partition coefficient (Wildman–Crippen LogP) is 4.04. The van der Waals surface area contributed by atoms with Crippen LogP contribution < -0.4 is 10.1 Å². The molecule has 0 bridgehead atoms. The van der Waals surface area contributed by atoms with Gasteiger partial charge in [-0.2, -0.15) is 4.31 Å². The summed E-state index contributed by atoms with van der Waals surface area (Å²) in [5.41, 5.74) is 2.74. The Kier molecular flexibility index (Phi) is 11.0. The van der Waals surface area contributed by atoms with Gasteiger partial charge in [0.1, 0.15) is 11.8 Å². The van der Waals surface area contributed by atoms with Gasteiger partial charge in [0.15, 0.2) is 6.61 Å². The van der Waals surface area contributed by atoms with Crippen molar-refractivity contribution in [1.82, 2.24) is 14.5 Å². The molecule has 1 heterocycles. The lowest BCUT2D eigenvalue weighted by Gasteiger charge is -2.31. The summed E-state index contributed by atoms with van der Waals surface area (Å²) in [6.07, 6.45) is 0.314. The first-order valence-electron chi connectivity index (χ1n) is 14.9. The van der Waals surface area contributed by atoms with Gasteiger partial charge in [-0.1, -0.05) is 91.0 Å². The zero-order valence-electron chi connectivity index (χ0n) is 25.0. The molecule has 1 N–H and O–H groups in total. The van der Waals surface area contributed by atoms with E-state index in [9.17, 15) is 18.0 Å². The zero-order valence-corrected chi connectivity index (χ0v) is 25.8. The fourth-order valence-corrected chi connectivity index (χ4v) is 6.52. The third-order valence-electron chi connectivity index (χ3n) is 7.57. The topological polar surface area (TPSA) is 105 Å². The van der Waals surface area contributed by atoms with Gasteiger partial charge in [-0.25, -0.2) is 8.42 Å². The van der Waals surface area contributed by atoms with Crippen LogP contribution >= 0.6 is 0 Å². The molecule has 0 spiro atoms. The molecule has 10 heteroatoms. The highest BCUT2D eigenvalue weighted by Gasteiger charge is 2.31. The highest BCUT2D eigenvalue weighted by molar-refractivity contribution is 7.89. The lowest BCUT2D eigenvalue weighted by molar-refractivity contribution is -0.142. The molecule has 2 amide bonds. The maximum absolute atomic E-state index is 13.9. The highest BCUT2D eigenvalue weighted by atomic mass is 32.2. The van der Waals surface area contributed by atoms with Gasteiger partial charge in [0, 0.05) is 32.6 Å². The van der Waals surface area contributed by atoms with Gasteiger partial charge in [0.25, 0.3) is 5.91 Å². The molecule has 5 rings (SSSR count). The smallest absolute Gasteiger partial charge is 0.261 e. The van der Waals surface area contributed by atoms with Crippen molar-refractivity contribution >= 4 is 21.8 Å². The average Bonchev–Trinajstić information content (AvgIpc) is 3.09. The van der Waals surface area contributed by atoms with Crippen molar-refractivity contribution < 1.29 is 27.5 Å². The van der Waals surface area contributed by atoms with E-state index in [1.807, 2.05) is 91.0 Å². The zero-order chi connectivity index (χ0) is 31.5. The van der Waals surface area contributed by atoms with Crippen LogP contribution in [-0.2, 0) is 43.9 Å². The second-order valence-electron chi connectivity index (χ2n) is 10.7. The Labute approximate surface area is 264 Å². The molecule has 0 aliphatic carbocycles. The number of rotatable bonds is 13. The van der Waals surface area contributed by atoms with E-state index < -0.39 is 16.1 Å². The summed E-state index contributed by atoms with van der Waals surface area (Å²) in [6, 6.07) is 33.9. The first-order valence-corrected chi connectivity index (χ1v) is 16.3. The van der Waals surface area contributed by atoms with E-state index in [1.165, 1.54) is 28.6 Å². The van der Waals surface area contributed by atoms with Crippen LogP contribution in [0.4, 0.5) is 0 Å². The summed E-state index contributed by atoms with van der Waals surface area (Å²) in [4.78, 5) is 29.3. The van der Waals surface area contributed by atoms with Gasteiger partial charge < -0.3 is 19.7 Å². The van der Waals surface area contributed by atoms with Crippen LogP contribution in [0.15, 0.2) is 120 Å². The molecular formula is C35H37N3O6S. The summed E-state index contributed by atoms with van der Waals surface area (Å²) in [5, 5.41) is 3.02. The minimum absolute atomic E-state index is 0.145. The number of sulfonamides is 1. The standard InChI is InChI=1S/C35H37N3O6S/c39-34(27-44-31-16-18-32(19-17-31)45(41,42)37-20-22-43-23-21-37)38(26-30-14-8-3-9-15-30)33(24-28-10-4-1-5-11-28)35(40)36-25-29-12-6-2-7-13-29/h1-19,33H,20-27H2,(H,36,40)/t33-/m0/s1. The van der Waals surface area contributed by atoms with E-state index in [4.69, 9.17) is 9.47 Å². The van der Waals surface area contributed by atoms with Gasteiger partial charge in [0.05, 0.1) is 18.1 Å². The molecule has 0 aromatic heterocycles. The fourth-order valence-electron chi connectivity index (χ4n) is 5.11. The molecule has 0 saturated carbocycles. The van der Waals surface area contributed by atoms with E-state index in [2.05, 4.69) is 5.32 Å². The van der Waals surface area contributed by atoms with Gasteiger partial charge in [0.2, 0.25) is 15.9 Å². The number of carbonyl (C=O) groups is 2. The van der Waals surface area contributed by atoms with Crippen LogP contribution in [0.25, 0.3) is 0 Å². The number of ether oxygens (including phenoxy) is 2. The summed E-state index contributed by atoms with van der Waals surface area (Å²) in [7, 11) is -3.66. The van der Waals surface area contributed by atoms with Crippen molar-refractivity contribution in [3.63, 3.8) is 0 Å². The lowest BCUT2D eigenvalue weighted by atomic mass is 10.0. The molecule has 1 saturated heterocycles.